The summed E-state index contributed by atoms with van der Waals surface area (Å²) in [4.78, 5) is 32.9. The van der Waals surface area contributed by atoms with Gasteiger partial charge in [0, 0.05) is 34.6 Å². The zero-order chi connectivity index (χ0) is 15.0. The maximum atomic E-state index is 10.1. The minimum Gasteiger partial charge on any atom is -0.359 e. The molecule has 0 rings (SSSR count). The first-order chi connectivity index (χ1) is 8.42. The summed E-state index contributed by atoms with van der Waals surface area (Å²) in [5.41, 5.74) is 0. The van der Waals surface area contributed by atoms with Gasteiger partial charge in [-0.3, -0.25) is 4.79 Å². The van der Waals surface area contributed by atoms with Crippen LogP contribution >= 0.6 is 0 Å². The van der Waals surface area contributed by atoms with E-state index in [-0.39, 0.29) is 11.9 Å². The van der Waals surface area contributed by atoms with Gasteiger partial charge >= 0.3 is 12.1 Å². The quantitative estimate of drug-likeness (QED) is 0.487. The summed E-state index contributed by atoms with van der Waals surface area (Å²) in [6, 6.07) is -0.551. The molecule has 8 nitrogen and oxygen atoms in total. The largest absolute Gasteiger partial charge is 0.359 e. The number of nitrogens with one attached hydrogen (secondary N) is 4. The van der Waals surface area contributed by atoms with Gasteiger partial charge in [0.25, 0.3) is 0 Å². The first-order valence-electron chi connectivity index (χ1n) is 5.21. The Balaban J connectivity index is -0.000000187. The highest BCUT2D eigenvalue weighted by molar-refractivity contribution is 5.78. The van der Waals surface area contributed by atoms with Gasteiger partial charge < -0.3 is 21.3 Å². The normalized spacial score (nSPS) is 7.17. The van der Waals surface area contributed by atoms with Gasteiger partial charge in [-0.2, -0.15) is 0 Å². The number of nitrogens with zero attached hydrogens (tertiary/aromatic N) is 1. The second kappa shape index (κ2) is 17.3. The van der Waals surface area contributed by atoms with E-state index in [1.807, 2.05) is 6.92 Å². The third kappa shape index (κ3) is 23.6. The Bertz CT molecular complexity index is 228. The zero-order valence-electron chi connectivity index (χ0n) is 11.6. The Morgan fingerprint density at radius 2 is 1.39 bits per heavy atom. The van der Waals surface area contributed by atoms with E-state index in [0.29, 0.717) is 6.42 Å². The molecule has 0 bridgehead atoms. The summed E-state index contributed by atoms with van der Waals surface area (Å²) < 4.78 is 0. The molecule has 0 aliphatic carbocycles. The van der Waals surface area contributed by atoms with Gasteiger partial charge in [-0.25, -0.2) is 14.6 Å². The topological polar surface area (TPSA) is 112 Å². The van der Waals surface area contributed by atoms with Gasteiger partial charge in [-0.1, -0.05) is 6.92 Å². The van der Waals surface area contributed by atoms with Crippen LogP contribution in [0.1, 0.15) is 13.3 Å². The summed E-state index contributed by atoms with van der Waals surface area (Å²) in [6.07, 6.45) is 0.580. The van der Waals surface area contributed by atoms with Crippen LogP contribution in [0.3, 0.4) is 0 Å². The third-order valence-corrected chi connectivity index (χ3v) is 1.41. The van der Waals surface area contributed by atoms with E-state index in [1.165, 1.54) is 7.05 Å². The van der Waals surface area contributed by atoms with Gasteiger partial charge in [0.2, 0.25) is 5.91 Å². The average Bonchev–Trinajstić information content (AvgIpc) is 2.45. The van der Waals surface area contributed by atoms with Gasteiger partial charge in [-0.05, 0) is 6.72 Å². The minimum absolute atomic E-state index is 0.0926. The fourth-order valence-corrected chi connectivity index (χ4v) is 0.381. The number of aliphatic imine (C=N–C) groups is 1. The van der Waals surface area contributed by atoms with Crippen molar-refractivity contribution in [2.75, 3.05) is 28.2 Å². The molecule has 106 valence electrons. The number of carbonyl (C=O) groups excluding carboxylic acids is 3. The van der Waals surface area contributed by atoms with Crippen LogP contribution in [-0.2, 0) is 4.79 Å². The van der Waals surface area contributed by atoms with Crippen molar-refractivity contribution in [3.63, 3.8) is 0 Å². The van der Waals surface area contributed by atoms with E-state index in [1.54, 1.807) is 21.1 Å². The van der Waals surface area contributed by atoms with Crippen molar-refractivity contribution in [1.82, 2.24) is 21.3 Å². The highest BCUT2D eigenvalue weighted by atomic mass is 16.2. The van der Waals surface area contributed by atoms with E-state index in [2.05, 4.69) is 33.0 Å². The molecule has 0 saturated heterocycles. The fourth-order valence-electron chi connectivity index (χ4n) is 0.381. The molecule has 0 unspecified atom stereocenters. The highest BCUT2D eigenvalue weighted by Gasteiger charge is 1.84. The van der Waals surface area contributed by atoms with Crippen LogP contribution in [0.4, 0.5) is 9.59 Å². The van der Waals surface area contributed by atoms with Gasteiger partial charge in [0.05, 0.1) is 0 Å². The Kier molecular flexibility index (Phi) is 20.3. The van der Waals surface area contributed by atoms with E-state index in [0.717, 1.165) is 0 Å². The molecule has 0 heterocycles. The van der Waals surface area contributed by atoms with Crippen molar-refractivity contribution in [3.05, 3.63) is 0 Å². The molecule has 0 saturated carbocycles. The SMILES string of the molecule is C=NC(=O)NC.CCC(=O)NC.CNC(=O)NC. The van der Waals surface area contributed by atoms with E-state index in [9.17, 15) is 14.4 Å². The average molecular weight is 261 g/mol. The molecule has 4 N–H and O–H groups in total. The summed E-state index contributed by atoms with van der Waals surface area (Å²) in [5.74, 6) is 0.0926. The van der Waals surface area contributed by atoms with Crippen LogP contribution in [0.15, 0.2) is 4.99 Å². The van der Waals surface area contributed by atoms with Crippen LogP contribution in [-0.4, -0.2) is 52.9 Å². The Labute approximate surface area is 108 Å². The van der Waals surface area contributed by atoms with Crippen molar-refractivity contribution in [2.45, 2.75) is 13.3 Å². The Hall–Kier alpha value is -2.12. The lowest BCUT2D eigenvalue weighted by molar-refractivity contribution is -0.120. The van der Waals surface area contributed by atoms with E-state index in [4.69, 9.17) is 0 Å². The molecule has 0 fully saturated rings. The van der Waals surface area contributed by atoms with Crippen LogP contribution in [0.25, 0.3) is 0 Å². The number of hydrogen-bond donors (Lipinski definition) is 4. The smallest absolute Gasteiger partial charge is 0.340 e. The lowest BCUT2D eigenvalue weighted by Gasteiger charge is -1.91. The van der Waals surface area contributed by atoms with Gasteiger partial charge in [0.1, 0.15) is 0 Å². The molecular weight excluding hydrogens is 238 g/mol. The fraction of sp³-hybridized carbons (Fsp3) is 0.600. The van der Waals surface area contributed by atoms with Crippen LogP contribution in [0.5, 0.6) is 0 Å². The number of rotatable bonds is 1. The highest BCUT2D eigenvalue weighted by Crippen LogP contribution is 1.68. The lowest BCUT2D eigenvalue weighted by Crippen LogP contribution is -2.28. The molecule has 0 aliphatic rings. The maximum absolute atomic E-state index is 10.1. The third-order valence-electron chi connectivity index (χ3n) is 1.41. The summed E-state index contributed by atoms with van der Waals surface area (Å²) in [7, 11) is 6.26. The van der Waals surface area contributed by atoms with Crippen LogP contribution < -0.4 is 21.3 Å². The second-order valence-electron chi connectivity index (χ2n) is 2.57. The van der Waals surface area contributed by atoms with Crippen molar-refractivity contribution in [2.24, 2.45) is 4.99 Å². The van der Waals surface area contributed by atoms with Crippen molar-refractivity contribution in [1.29, 1.82) is 0 Å². The lowest BCUT2D eigenvalue weighted by atomic mass is 10.5. The molecule has 0 radical (unpaired) electrons. The minimum atomic E-state index is -0.394. The summed E-state index contributed by atoms with van der Waals surface area (Å²) in [5, 5.41) is 9.45. The van der Waals surface area contributed by atoms with Gasteiger partial charge in [0.15, 0.2) is 0 Å². The predicted molar refractivity (Wildman–Crippen MR) is 71.9 cm³/mol. The number of hydrogen-bond acceptors (Lipinski definition) is 3. The molecule has 0 aromatic carbocycles. The van der Waals surface area contributed by atoms with E-state index >= 15 is 0 Å². The molecule has 0 atom stereocenters. The van der Waals surface area contributed by atoms with Crippen LogP contribution in [0.2, 0.25) is 0 Å². The van der Waals surface area contributed by atoms with Crippen molar-refractivity contribution < 1.29 is 14.4 Å². The van der Waals surface area contributed by atoms with E-state index < -0.39 is 6.03 Å². The molecule has 8 heteroatoms. The molecule has 0 aliphatic heterocycles. The molecular formula is C10H23N5O3. The Morgan fingerprint density at radius 1 is 0.944 bits per heavy atom. The second-order valence-corrected chi connectivity index (χ2v) is 2.57. The molecule has 0 aromatic heterocycles. The summed E-state index contributed by atoms with van der Waals surface area (Å²) >= 11 is 0. The van der Waals surface area contributed by atoms with Crippen molar-refractivity contribution >= 4 is 24.7 Å². The number of urea groups is 2. The number of amides is 5. The summed E-state index contributed by atoms with van der Waals surface area (Å²) in [6.45, 7) is 4.79. The Morgan fingerprint density at radius 3 is 1.39 bits per heavy atom. The first-order valence-corrected chi connectivity index (χ1v) is 5.21. The first kappa shape index (κ1) is 21.2. The predicted octanol–water partition coefficient (Wildman–Crippen LogP) is -0.286. The zero-order valence-corrected chi connectivity index (χ0v) is 11.6. The van der Waals surface area contributed by atoms with Crippen LogP contribution in [0, 0.1) is 0 Å². The maximum Gasteiger partial charge on any atom is 0.340 e. The molecule has 0 aromatic rings. The number of carbonyl (C=O) groups is 3. The standard InChI is InChI=1S/C4H9NO.C3H8N2O.C3H6N2O/c1-3-4(6)5-2;2*1-4-3(6)5-2/h3H2,1-2H3,(H,5,6);1-2H3,(H2,4,5,6);1H2,2H3,(H,5,6). The van der Waals surface area contributed by atoms with Gasteiger partial charge in [-0.15, -0.1) is 0 Å². The molecule has 0 spiro atoms. The monoisotopic (exact) mass is 261 g/mol. The molecule has 5 amide bonds. The van der Waals surface area contributed by atoms with Crippen molar-refractivity contribution in [3.8, 4) is 0 Å². The molecule has 18 heavy (non-hydrogen) atoms.